The van der Waals surface area contributed by atoms with Crippen LogP contribution in [0.3, 0.4) is 0 Å². The first kappa shape index (κ1) is 47.1. The molecule has 7 rings (SSSR count). The van der Waals surface area contributed by atoms with Gasteiger partial charge in [0.2, 0.25) is 17.7 Å². The minimum absolute atomic E-state index is 0.0367. The van der Waals surface area contributed by atoms with E-state index in [1.807, 2.05) is 40.0 Å². The van der Waals surface area contributed by atoms with Crippen molar-refractivity contribution in [2.45, 2.75) is 104 Å². The Hall–Kier alpha value is -5.87. The molecule has 2 saturated heterocycles. The number of hydrogen-bond acceptors (Lipinski definition) is 10. The predicted molar refractivity (Wildman–Crippen MR) is 247 cm³/mol. The summed E-state index contributed by atoms with van der Waals surface area (Å²) in [5.41, 5.74) is 9.90. The first-order chi connectivity index (χ1) is 31.0. The van der Waals surface area contributed by atoms with Crippen molar-refractivity contribution in [1.29, 1.82) is 0 Å². The van der Waals surface area contributed by atoms with Gasteiger partial charge in [-0.25, -0.2) is 5.43 Å². The lowest BCUT2D eigenvalue weighted by molar-refractivity contribution is -0.155. The van der Waals surface area contributed by atoms with E-state index in [2.05, 4.69) is 66.9 Å². The molecule has 3 aliphatic rings. The largest absolute Gasteiger partial charge is 0.464 e. The van der Waals surface area contributed by atoms with Gasteiger partial charge in [-0.05, 0) is 87.4 Å². The molecule has 0 radical (unpaired) electrons. The predicted octanol–water partition coefficient (Wildman–Crippen LogP) is 5.00. The number of nitrogens with one attached hydrogen (secondary N) is 2. The summed E-state index contributed by atoms with van der Waals surface area (Å²) in [5, 5.41) is 10.4. The maximum absolute atomic E-state index is 14.7. The first-order valence-electron chi connectivity index (χ1n) is 22.9. The van der Waals surface area contributed by atoms with Gasteiger partial charge in [0.1, 0.15) is 18.1 Å². The number of nitrogens with zero attached hydrogens (tertiary/aromatic N) is 7. The third-order valence-corrected chi connectivity index (χ3v) is 13.3. The van der Waals surface area contributed by atoms with Crippen LogP contribution in [0.2, 0.25) is 0 Å². The van der Waals surface area contributed by atoms with Crippen LogP contribution in [-0.2, 0) is 59.9 Å². The molecule has 2 fully saturated rings. The van der Waals surface area contributed by atoms with Crippen molar-refractivity contribution in [3.63, 3.8) is 0 Å². The van der Waals surface area contributed by atoms with Crippen LogP contribution in [0.4, 0.5) is 0 Å². The van der Waals surface area contributed by atoms with Gasteiger partial charge in [-0.3, -0.25) is 38.6 Å². The highest BCUT2D eigenvalue weighted by Crippen LogP contribution is 2.42. The van der Waals surface area contributed by atoms with Gasteiger partial charge >= 0.3 is 5.97 Å². The number of esters is 1. The number of rotatable bonds is 10. The summed E-state index contributed by atoms with van der Waals surface area (Å²) >= 11 is 0. The number of likely N-dealkylation sites (N-methyl/N-ethyl adjacent to an activating group) is 1. The van der Waals surface area contributed by atoms with Crippen molar-refractivity contribution in [2.24, 2.45) is 24.3 Å². The van der Waals surface area contributed by atoms with Gasteiger partial charge in [0.15, 0.2) is 0 Å². The lowest BCUT2D eigenvalue weighted by Gasteiger charge is -2.37. The number of aromatic nitrogens is 4. The average Bonchev–Trinajstić information content (AvgIpc) is 4.02. The fraction of sp³-hybridized carbons (Fsp3) is 0.531. The molecule has 16 heteroatoms. The Bertz CT molecular complexity index is 2470. The van der Waals surface area contributed by atoms with E-state index >= 15 is 0 Å². The number of carbonyl (C=O) groups excluding carboxylic acids is 5. The molecular weight excluding hydrogens is 827 g/mol. The fourth-order valence-electron chi connectivity index (χ4n) is 9.86. The van der Waals surface area contributed by atoms with Crippen LogP contribution in [0, 0.1) is 17.3 Å². The SMILES string of the molecule is C=CC(=O)N1CC[C@H](C(=O)N(C)[C@H](C(=O)N[C@H]2Cc3cc(n(C)n3)-c3ccc4c(c3)c(c(-c3cccnc3[C@H](C)OC)n4CC)CC(C)(C)COC(=O)[C@@H]3CCCN(N3)C2=O)C(C)C)C1. The number of likely N-dealkylation sites (tertiary alicyclic amines) is 1. The van der Waals surface area contributed by atoms with Gasteiger partial charge < -0.3 is 29.2 Å². The van der Waals surface area contributed by atoms with Crippen LogP contribution < -0.4 is 10.7 Å². The number of methoxy groups -OCH3 is 1. The molecular formula is C49H65N9O7. The van der Waals surface area contributed by atoms with E-state index < -0.39 is 47.2 Å². The number of hydrogen-bond donors (Lipinski definition) is 2. The van der Waals surface area contributed by atoms with Crippen molar-refractivity contribution >= 4 is 40.5 Å². The Morgan fingerprint density at radius 1 is 1.12 bits per heavy atom. The van der Waals surface area contributed by atoms with Crippen LogP contribution in [-0.4, -0.2) is 122 Å². The standard InChI is InChI=1S/C49H65N9O7/c1-11-41(59)56-22-19-32(27-56)46(61)54(8)43(29(3)4)45(60)51-38-24-33-25-40(55(9)52-33)31-17-18-39-35(23-31)36(44(57(39)12-2)34-15-13-20-50-42(34)30(5)64-10)26-49(6,7)28-65-48(63)37-16-14-21-58(53-37)47(38)62/h11,13,15,17-18,20,23,25,29-30,32,37-38,43,53H,1,12,14,16,19,21-22,24,26-28H2,2-10H3,(H,51,60)/t30-,32-,37-,38-,43-/m0/s1. The number of amides is 4. The molecule has 0 spiro atoms. The number of cyclic esters (lactones) is 1. The molecule has 2 N–H and O–H groups in total. The van der Waals surface area contributed by atoms with E-state index in [9.17, 15) is 24.0 Å². The molecule has 6 heterocycles. The number of pyridine rings is 1. The normalized spacial score (nSPS) is 21.2. The second-order valence-corrected chi connectivity index (χ2v) is 18.9. The van der Waals surface area contributed by atoms with Crippen molar-refractivity contribution in [1.82, 2.24) is 44.9 Å². The monoisotopic (exact) mass is 892 g/mol. The van der Waals surface area contributed by atoms with Gasteiger partial charge in [0.25, 0.3) is 5.91 Å². The molecule has 4 amide bonds. The van der Waals surface area contributed by atoms with E-state index in [1.165, 1.54) is 16.0 Å². The van der Waals surface area contributed by atoms with E-state index in [0.717, 1.165) is 44.7 Å². The summed E-state index contributed by atoms with van der Waals surface area (Å²) in [4.78, 5) is 77.1. The molecule has 3 aromatic heterocycles. The molecule has 348 valence electrons. The van der Waals surface area contributed by atoms with Crippen molar-refractivity contribution < 1.29 is 33.4 Å². The number of hydrazine groups is 1. The first-order valence-corrected chi connectivity index (χ1v) is 22.9. The Balaban J connectivity index is 1.29. The van der Waals surface area contributed by atoms with E-state index in [-0.39, 0.29) is 43.4 Å². The van der Waals surface area contributed by atoms with Crippen LogP contribution in [0.1, 0.15) is 83.9 Å². The van der Waals surface area contributed by atoms with Crippen molar-refractivity contribution in [3.8, 4) is 22.5 Å². The zero-order chi connectivity index (χ0) is 46.9. The second-order valence-electron chi connectivity index (χ2n) is 18.9. The zero-order valence-electron chi connectivity index (χ0n) is 39.3. The van der Waals surface area contributed by atoms with E-state index in [0.29, 0.717) is 51.0 Å². The van der Waals surface area contributed by atoms with E-state index in [1.54, 1.807) is 29.9 Å². The van der Waals surface area contributed by atoms with Crippen molar-refractivity contribution in [2.75, 3.05) is 40.4 Å². The molecule has 1 aromatic carbocycles. The number of benzene rings is 1. The van der Waals surface area contributed by atoms with E-state index in [4.69, 9.17) is 19.6 Å². The lowest BCUT2D eigenvalue weighted by Crippen LogP contribution is -2.62. The van der Waals surface area contributed by atoms with Gasteiger partial charge in [-0.2, -0.15) is 5.10 Å². The Morgan fingerprint density at radius 3 is 2.60 bits per heavy atom. The quantitative estimate of drug-likeness (QED) is 0.163. The number of fused-ring (bicyclic) bond motifs is 6. The van der Waals surface area contributed by atoms with Gasteiger partial charge in [0.05, 0.1) is 41.4 Å². The second kappa shape index (κ2) is 19.3. The summed E-state index contributed by atoms with van der Waals surface area (Å²) in [6.45, 7) is 17.4. The third-order valence-electron chi connectivity index (χ3n) is 13.3. The maximum atomic E-state index is 14.7. The summed E-state index contributed by atoms with van der Waals surface area (Å²) < 4.78 is 16.0. The molecule has 16 nitrogen and oxygen atoms in total. The number of ether oxygens (including phenoxy) is 2. The lowest BCUT2D eigenvalue weighted by atomic mass is 9.84. The molecule has 65 heavy (non-hydrogen) atoms. The highest BCUT2D eigenvalue weighted by Gasteiger charge is 2.40. The Labute approximate surface area is 381 Å². The minimum atomic E-state index is -1.11. The van der Waals surface area contributed by atoms with Crippen LogP contribution in [0.5, 0.6) is 0 Å². The fourth-order valence-corrected chi connectivity index (χ4v) is 9.86. The molecule has 0 saturated carbocycles. The van der Waals surface area contributed by atoms with Crippen LogP contribution in [0.15, 0.2) is 55.3 Å². The topological polar surface area (TPSA) is 173 Å². The average molecular weight is 892 g/mol. The smallest absolute Gasteiger partial charge is 0.324 e. The molecule has 5 atom stereocenters. The molecule has 6 bridgehead atoms. The zero-order valence-corrected chi connectivity index (χ0v) is 39.3. The number of aryl methyl sites for hydroxylation is 2. The van der Waals surface area contributed by atoms with Crippen LogP contribution in [0.25, 0.3) is 33.4 Å². The summed E-state index contributed by atoms with van der Waals surface area (Å²) in [5.74, 6) is -2.68. The van der Waals surface area contributed by atoms with Gasteiger partial charge in [-0.15, -0.1) is 0 Å². The van der Waals surface area contributed by atoms with Gasteiger partial charge in [-0.1, -0.05) is 40.3 Å². The molecule has 0 unspecified atom stereocenters. The maximum Gasteiger partial charge on any atom is 0.324 e. The molecule has 0 aliphatic carbocycles. The minimum Gasteiger partial charge on any atom is -0.464 e. The van der Waals surface area contributed by atoms with Crippen LogP contribution >= 0.6 is 0 Å². The summed E-state index contributed by atoms with van der Waals surface area (Å²) in [6.07, 6.45) is 4.83. The molecule has 3 aliphatic heterocycles. The third kappa shape index (κ3) is 9.60. The number of carbonyl (C=O) groups is 5. The Kier molecular flexibility index (Phi) is 14.0. The van der Waals surface area contributed by atoms with Gasteiger partial charge in [0, 0.05) is 87.4 Å². The Morgan fingerprint density at radius 2 is 1.89 bits per heavy atom. The highest BCUT2D eigenvalue weighted by atomic mass is 16.5. The van der Waals surface area contributed by atoms with Crippen molar-refractivity contribution in [3.05, 3.63) is 72.2 Å². The summed E-state index contributed by atoms with van der Waals surface area (Å²) in [7, 11) is 5.14. The highest BCUT2D eigenvalue weighted by molar-refractivity contribution is 5.96. The summed E-state index contributed by atoms with van der Waals surface area (Å²) in [6, 6.07) is 9.56. The molecule has 4 aromatic rings.